The third-order valence-electron chi connectivity index (χ3n) is 5.00. The van der Waals surface area contributed by atoms with Crippen LogP contribution in [0.2, 0.25) is 10.0 Å². The summed E-state index contributed by atoms with van der Waals surface area (Å²) in [6.45, 7) is 2.87. The molecule has 0 aliphatic heterocycles. The molecule has 0 bridgehead atoms. The average Bonchev–Trinajstić information content (AvgIpc) is 2.74. The zero-order valence-corrected chi connectivity index (χ0v) is 20.1. The first-order valence-corrected chi connectivity index (χ1v) is 11.3. The number of benzene rings is 2. The largest absolute Gasteiger partial charge is 0.416 e. The van der Waals surface area contributed by atoms with Crippen molar-refractivity contribution in [2.24, 2.45) is 0 Å². The minimum Gasteiger partial charge on any atom is -0.337 e. The number of amides is 2. The Balaban J connectivity index is 1.96. The van der Waals surface area contributed by atoms with Crippen LogP contribution in [0, 0.1) is 0 Å². The van der Waals surface area contributed by atoms with Crippen LogP contribution in [0.15, 0.2) is 42.5 Å². The summed E-state index contributed by atoms with van der Waals surface area (Å²) < 4.78 is 38.7. The number of alkyl halides is 3. The number of hydrogen-bond acceptors (Lipinski definition) is 3. The molecule has 5 nitrogen and oxygen atoms in total. The average molecular weight is 505 g/mol. The van der Waals surface area contributed by atoms with E-state index in [0.717, 1.165) is 50.2 Å². The van der Waals surface area contributed by atoms with E-state index in [2.05, 4.69) is 20.9 Å². The van der Waals surface area contributed by atoms with Crippen LogP contribution in [0.25, 0.3) is 0 Å². The summed E-state index contributed by atoms with van der Waals surface area (Å²) >= 11 is 12.2. The van der Waals surface area contributed by atoms with E-state index in [9.17, 15) is 18.0 Å². The number of nitrogens with zero attached hydrogens (tertiary/aromatic N) is 1. The Hall–Kier alpha value is -2.00. The summed E-state index contributed by atoms with van der Waals surface area (Å²) in [5, 5.41) is 9.46. The molecule has 33 heavy (non-hydrogen) atoms. The first-order chi connectivity index (χ1) is 15.6. The molecule has 2 rings (SSSR count). The molecule has 1 unspecified atom stereocenters. The maximum Gasteiger partial charge on any atom is 0.416 e. The predicted molar refractivity (Wildman–Crippen MR) is 128 cm³/mol. The van der Waals surface area contributed by atoms with E-state index in [1.807, 2.05) is 20.2 Å². The molecule has 0 saturated heterocycles. The normalized spacial score (nSPS) is 12.6. The molecule has 2 aromatic rings. The van der Waals surface area contributed by atoms with Crippen molar-refractivity contribution in [3.63, 3.8) is 0 Å². The molecule has 0 aliphatic carbocycles. The highest BCUT2D eigenvalue weighted by Crippen LogP contribution is 2.31. The summed E-state index contributed by atoms with van der Waals surface area (Å²) in [5.41, 5.74) is 0.157. The fraction of sp³-hybridized carbons (Fsp3) is 0.435. The number of halogens is 5. The summed E-state index contributed by atoms with van der Waals surface area (Å²) in [7, 11) is 4.05. The number of nitrogens with one attached hydrogen (secondary N) is 3. The molecule has 0 spiro atoms. The van der Waals surface area contributed by atoms with E-state index >= 15 is 0 Å². The lowest BCUT2D eigenvalue weighted by atomic mass is 9.95. The third kappa shape index (κ3) is 9.80. The lowest BCUT2D eigenvalue weighted by Gasteiger charge is -2.20. The molecule has 3 N–H and O–H groups in total. The molecule has 0 radical (unpaired) electrons. The van der Waals surface area contributed by atoms with Crippen LogP contribution in [0.1, 0.15) is 29.9 Å². The van der Waals surface area contributed by atoms with E-state index in [4.69, 9.17) is 23.2 Å². The van der Waals surface area contributed by atoms with Gasteiger partial charge < -0.3 is 20.9 Å². The SMILES string of the molecule is CN(C)CCCNCCC(CNC(=O)Nc1cccc(C(F)(F)F)c1)c1ccc(Cl)c(Cl)c1. The molecule has 10 heteroatoms. The molecule has 2 aromatic carbocycles. The Kier molecular flexibility index (Phi) is 10.8. The van der Waals surface area contributed by atoms with Crippen molar-refractivity contribution in [2.45, 2.75) is 24.9 Å². The summed E-state index contributed by atoms with van der Waals surface area (Å²) in [4.78, 5) is 14.5. The van der Waals surface area contributed by atoms with Crippen molar-refractivity contribution >= 4 is 34.9 Å². The second-order valence-corrected chi connectivity index (χ2v) is 8.79. The highest BCUT2D eigenvalue weighted by molar-refractivity contribution is 6.42. The van der Waals surface area contributed by atoms with Crippen molar-refractivity contribution in [3.05, 3.63) is 63.6 Å². The monoisotopic (exact) mass is 504 g/mol. The summed E-state index contributed by atoms with van der Waals surface area (Å²) in [6, 6.07) is 9.26. The number of carbonyl (C=O) groups is 1. The molecular formula is C23H29Cl2F3N4O. The molecule has 0 aromatic heterocycles. The lowest BCUT2D eigenvalue weighted by molar-refractivity contribution is -0.137. The van der Waals surface area contributed by atoms with Gasteiger partial charge in [0.15, 0.2) is 0 Å². The van der Waals surface area contributed by atoms with Crippen molar-refractivity contribution in [1.29, 1.82) is 0 Å². The Labute approximate surface area is 202 Å². The van der Waals surface area contributed by atoms with Crippen molar-refractivity contribution in [1.82, 2.24) is 15.5 Å². The van der Waals surface area contributed by atoms with Gasteiger partial charge in [-0.2, -0.15) is 13.2 Å². The van der Waals surface area contributed by atoms with E-state index in [-0.39, 0.29) is 18.2 Å². The number of anilines is 1. The molecule has 0 aliphatic rings. The van der Waals surface area contributed by atoms with Crippen molar-refractivity contribution < 1.29 is 18.0 Å². The van der Waals surface area contributed by atoms with Crippen LogP contribution in [-0.4, -0.2) is 51.2 Å². The number of rotatable bonds is 11. The minimum atomic E-state index is -4.48. The van der Waals surface area contributed by atoms with E-state index < -0.39 is 17.8 Å². The standard InChI is InChI=1S/C23H29Cl2F3N4O/c1-32(2)12-4-10-29-11-9-17(16-7-8-20(24)21(25)13-16)15-30-22(33)31-19-6-3-5-18(14-19)23(26,27)28/h3,5-8,13-14,17,29H,4,9-12,15H2,1-2H3,(H2,30,31,33). The lowest BCUT2D eigenvalue weighted by Crippen LogP contribution is -2.33. The second-order valence-electron chi connectivity index (χ2n) is 7.98. The second kappa shape index (κ2) is 13.0. The van der Waals surface area contributed by atoms with Gasteiger partial charge in [0.2, 0.25) is 0 Å². The molecule has 2 amide bonds. The van der Waals surface area contributed by atoms with Gasteiger partial charge in [-0.25, -0.2) is 4.79 Å². The van der Waals surface area contributed by atoms with Crippen molar-refractivity contribution in [3.8, 4) is 0 Å². The maximum atomic E-state index is 12.9. The molecule has 1 atom stereocenters. The topological polar surface area (TPSA) is 56.4 Å². The first kappa shape index (κ1) is 27.2. The Morgan fingerprint density at radius 3 is 2.48 bits per heavy atom. The minimum absolute atomic E-state index is 0.0617. The van der Waals surface area contributed by atoms with Gasteiger partial charge >= 0.3 is 12.2 Å². The van der Waals surface area contributed by atoms with E-state index in [1.54, 1.807) is 12.1 Å². The first-order valence-electron chi connectivity index (χ1n) is 10.6. The van der Waals surface area contributed by atoms with E-state index in [1.165, 1.54) is 12.1 Å². The van der Waals surface area contributed by atoms with Gasteiger partial charge in [-0.05, 0) is 82.5 Å². The van der Waals surface area contributed by atoms with Crippen LogP contribution >= 0.6 is 23.2 Å². The molecule has 0 saturated carbocycles. The van der Waals surface area contributed by atoms with Crippen molar-refractivity contribution in [2.75, 3.05) is 45.6 Å². The number of carbonyl (C=O) groups excluding carboxylic acids is 1. The Morgan fingerprint density at radius 1 is 1.06 bits per heavy atom. The predicted octanol–water partition coefficient (Wildman–Crippen LogP) is 5.85. The summed E-state index contributed by atoms with van der Waals surface area (Å²) in [6.07, 6.45) is -2.74. The van der Waals surface area contributed by atoms with Gasteiger partial charge in [-0.3, -0.25) is 0 Å². The zero-order chi connectivity index (χ0) is 24.4. The highest BCUT2D eigenvalue weighted by Gasteiger charge is 2.30. The quantitative estimate of drug-likeness (QED) is 0.336. The number of urea groups is 1. The van der Waals surface area contributed by atoms with Gasteiger partial charge in [0.1, 0.15) is 0 Å². The zero-order valence-electron chi connectivity index (χ0n) is 18.6. The Bertz CT molecular complexity index is 910. The maximum absolute atomic E-state index is 12.9. The molecule has 0 heterocycles. The number of hydrogen-bond donors (Lipinski definition) is 3. The van der Waals surface area contributed by atoms with E-state index in [0.29, 0.717) is 10.0 Å². The Morgan fingerprint density at radius 2 is 1.82 bits per heavy atom. The van der Waals surface area contributed by atoms with Crippen LogP contribution in [0.3, 0.4) is 0 Å². The molecule has 182 valence electrons. The molecular weight excluding hydrogens is 476 g/mol. The van der Waals surface area contributed by atoms with Crippen LogP contribution in [-0.2, 0) is 6.18 Å². The molecule has 0 fully saturated rings. The summed E-state index contributed by atoms with van der Waals surface area (Å²) in [5.74, 6) is -0.0617. The van der Waals surface area contributed by atoms with Crippen LogP contribution in [0.4, 0.5) is 23.7 Å². The van der Waals surface area contributed by atoms with Gasteiger partial charge in [0.25, 0.3) is 0 Å². The fourth-order valence-electron chi connectivity index (χ4n) is 3.24. The fourth-order valence-corrected chi connectivity index (χ4v) is 3.55. The van der Waals surface area contributed by atoms with Crippen LogP contribution in [0.5, 0.6) is 0 Å². The van der Waals surface area contributed by atoms with Gasteiger partial charge in [-0.1, -0.05) is 35.3 Å². The van der Waals surface area contributed by atoms with Gasteiger partial charge in [0, 0.05) is 18.2 Å². The third-order valence-corrected chi connectivity index (χ3v) is 5.74. The smallest absolute Gasteiger partial charge is 0.337 e. The van der Waals surface area contributed by atoms with Crippen LogP contribution < -0.4 is 16.0 Å². The highest BCUT2D eigenvalue weighted by atomic mass is 35.5. The van der Waals surface area contributed by atoms with Gasteiger partial charge in [-0.15, -0.1) is 0 Å². The van der Waals surface area contributed by atoms with Gasteiger partial charge in [0.05, 0.1) is 15.6 Å².